The Kier molecular flexibility index (Phi) is 5.95. The summed E-state index contributed by atoms with van der Waals surface area (Å²) in [5.74, 6) is -0.821. The summed E-state index contributed by atoms with van der Waals surface area (Å²) in [6.45, 7) is 3.04. The van der Waals surface area contributed by atoms with Crippen LogP contribution in [-0.2, 0) is 11.3 Å². The Morgan fingerprint density at radius 1 is 1.42 bits per heavy atom. The highest BCUT2D eigenvalue weighted by Crippen LogP contribution is 2.26. The van der Waals surface area contributed by atoms with Crippen molar-refractivity contribution in [3.05, 3.63) is 28.2 Å². The van der Waals surface area contributed by atoms with Crippen LogP contribution in [0, 0.1) is 0 Å². The second-order valence-electron chi connectivity index (χ2n) is 6.33. The van der Waals surface area contributed by atoms with Crippen molar-refractivity contribution in [1.29, 1.82) is 0 Å². The summed E-state index contributed by atoms with van der Waals surface area (Å²) in [5.41, 5.74) is 0.833. The van der Waals surface area contributed by atoms with E-state index in [1.165, 1.54) is 11.3 Å². The van der Waals surface area contributed by atoms with Gasteiger partial charge in [0, 0.05) is 17.1 Å². The summed E-state index contributed by atoms with van der Waals surface area (Å²) in [4.78, 5) is 29.3. The largest absolute Gasteiger partial charge is 0.480 e. The Morgan fingerprint density at radius 3 is 2.88 bits per heavy atom. The zero-order valence-electron chi connectivity index (χ0n) is 14.4. The first kappa shape index (κ1) is 18.9. The molecule has 1 aliphatic rings. The fourth-order valence-corrected chi connectivity index (χ4v) is 4.15. The summed E-state index contributed by atoms with van der Waals surface area (Å²) in [6, 6.07) is 5.62. The number of urea groups is 1. The lowest BCUT2D eigenvalue weighted by Crippen LogP contribution is -2.56. The molecule has 1 fully saturated rings. The highest BCUT2D eigenvalue weighted by molar-refractivity contribution is 7.18. The Balaban J connectivity index is 1.43. The van der Waals surface area contributed by atoms with Crippen LogP contribution in [0.2, 0.25) is 5.02 Å². The van der Waals surface area contributed by atoms with Gasteiger partial charge in [0.2, 0.25) is 0 Å². The number of aromatic nitrogens is 1. The van der Waals surface area contributed by atoms with Crippen molar-refractivity contribution in [1.82, 2.24) is 20.5 Å². The molecule has 7 nitrogen and oxygen atoms in total. The Bertz CT molecular complexity index is 806. The number of nitrogens with zero attached hydrogens (tertiary/aromatic N) is 2. The van der Waals surface area contributed by atoms with Crippen LogP contribution in [0.4, 0.5) is 4.79 Å². The van der Waals surface area contributed by atoms with Gasteiger partial charge < -0.3 is 15.7 Å². The van der Waals surface area contributed by atoms with Gasteiger partial charge in [-0.3, -0.25) is 9.69 Å². The average Bonchev–Trinajstić information content (AvgIpc) is 2.95. The molecule has 0 bridgehead atoms. The Labute approximate surface area is 160 Å². The van der Waals surface area contributed by atoms with Crippen LogP contribution in [0.1, 0.15) is 24.8 Å². The number of carboxylic acids is 1. The number of thiazole rings is 1. The van der Waals surface area contributed by atoms with Crippen molar-refractivity contribution in [2.75, 3.05) is 13.1 Å². The third-order valence-electron chi connectivity index (χ3n) is 4.50. The van der Waals surface area contributed by atoms with E-state index >= 15 is 0 Å². The van der Waals surface area contributed by atoms with Gasteiger partial charge >= 0.3 is 12.0 Å². The zero-order chi connectivity index (χ0) is 18.7. The second-order valence-corrected chi connectivity index (χ2v) is 7.88. The van der Waals surface area contributed by atoms with Crippen LogP contribution >= 0.6 is 22.9 Å². The molecule has 0 unspecified atom stereocenters. The standard InChI is InChI=1S/C17H21ClN4O3S/c1-2-22(9-16(23)24)12-6-11(7-12)20-17(25)19-8-15-21-13-5-10(18)3-4-14(13)26-15/h3-5,11-12H,2,6-9H2,1H3,(H,23,24)(H2,19,20,25). The lowest BCUT2D eigenvalue weighted by atomic mass is 9.85. The van der Waals surface area contributed by atoms with Gasteiger partial charge in [0.15, 0.2) is 0 Å². The molecule has 26 heavy (non-hydrogen) atoms. The number of hydrogen-bond donors (Lipinski definition) is 3. The SMILES string of the molecule is CCN(CC(=O)O)C1CC(NC(=O)NCc2nc3cc(Cl)ccc3s2)C1. The highest BCUT2D eigenvalue weighted by atomic mass is 35.5. The average molecular weight is 397 g/mol. The lowest BCUT2D eigenvalue weighted by molar-refractivity contribution is -0.139. The smallest absolute Gasteiger partial charge is 0.317 e. The fourth-order valence-electron chi connectivity index (χ4n) is 3.09. The van der Waals surface area contributed by atoms with Crippen molar-refractivity contribution in [3.63, 3.8) is 0 Å². The molecule has 0 spiro atoms. The lowest BCUT2D eigenvalue weighted by Gasteiger charge is -2.42. The molecule has 0 saturated heterocycles. The van der Waals surface area contributed by atoms with Crippen molar-refractivity contribution in [2.45, 2.75) is 38.4 Å². The summed E-state index contributed by atoms with van der Waals surface area (Å²) < 4.78 is 1.03. The van der Waals surface area contributed by atoms with Crippen molar-refractivity contribution < 1.29 is 14.7 Å². The molecule has 1 heterocycles. The number of rotatable bonds is 7. The van der Waals surface area contributed by atoms with Crippen LogP contribution in [0.25, 0.3) is 10.2 Å². The maximum absolute atomic E-state index is 12.0. The second kappa shape index (κ2) is 8.20. The maximum Gasteiger partial charge on any atom is 0.317 e. The summed E-state index contributed by atoms with van der Waals surface area (Å²) in [5, 5.41) is 16.1. The molecule has 0 atom stereocenters. The summed E-state index contributed by atoms with van der Waals surface area (Å²) >= 11 is 7.48. The van der Waals surface area contributed by atoms with Gasteiger partial charge in [0.05, 0.1) is 23.3 Å². The molecule has 1 aromatic heterocycles. The van der Waals surface area contributed by atoms with E-state index in [0.29, 0.717) is 18.1 Å². The van der Waals surface area contributed by atoms with Crippen molar-refractivity contribution in [3.8, 4) is 0 Å². The predicted octanol–water partition coefficient (Wildman–Crippen LogP) is 2.69. The van der Waals surface area contributed by atoms with E-state index in [1.54, 1.807) is 0 Å². The number of likely N-dealkylation sites (N-methyl/N-ethyl adjacent to an activating group) is 1. The number of fused-ring (bicyclic) bond motifs is 1. The number of carboxylic acid groups (broad SMARTS) is 1. The van der Waals surface area contributed by atoms with Gasteiger partial charge in [-0.25, -0.2) is 9.78 Å². The number of benzene rings is 1. The molecular formula is C17H21ClN4O3S. The van der Waals surface area contributed by atoms with Crippen LogP contribution < -0.4 is 10.6 Å². The Hall–Kier alpha value is -1.90. The monoisotopic (exact) mass is 396 g/mol. The molecule has 1 aliphatic carbocycles. The molecule has 2 aromatic rings. The van der Waals surface area contributed by atoms with E-state index in [9.17, 15) is 9.59 Å². The number of halogens is 1. The van der Waals surface area contributed by atoms with Crippen molar-refractivity contribution in [2.24, 2.45) is 0 Å². The van der Waals surface area contributed by atoms with Gasteiger partial charge in [0.1, 0.15) is 5.01 Å². The molecule has 1 saturated carbocycles. The van der Waals surface area contributed by atoms with Gasteiger partial charge in [-0.15, -0.1) is 11.3 Å². The number of carbonyl (C=O) groups excluding carboxylic acids is 1. The van der Waals surface area contributed by atoms with Gasteiger partial charge in [-0.2, -0.15) is 0 Å². The zero-order valence-corrected chi connectivity index (χ0v) is 15.9. The summed E-state index contributed by atoms with van der Waals surface area (Å²) in [7, 11) is 0. The van der Waals surface area contributed by atoms with E-state index in [1.807, 2.05) is 30.0 Å². The van der Waals surface area contributed by atoms with E-state index in [0.717, 1.165) is 28.1 Å². The topological polar surface area (TPSA) is 94.6 Å². The highest BCUT2D eigenvalue weighted by Gasteiger charge is 2.34. The van der Waals surface area contributed by atoms with Gasteiger partial charge in [-0.1, -0.05) is 18.5 Å². The molecule has 3 rings (SSSR count). The predicted molar refractivity (Wildman–Crippen MR) is 102 cm³/mol. The van der Waals surface area contributed by atoms with Gasteiger partial charge in [0.25, 0.3) is 0 Å². The Morgan fingerprint density at radius 2 is 2.19 bits per heavy atom. The minimum Gasteiger partial charge on any atom is -0.480 e. The van der Waals surface area contributed by atoms with Crippen molar-refractivity contribution >= 4 is 45.2 Å². The molecule has 0 radical (unpaired) electrons. The minimum atomic E-state index is -0.821. The van der Waals surface area contributed by atoms with E-state index < -0.39 is 5.97 Å². The van der Waals surface area contributed by atoms with Crippen LogP contribution in [0.5, 0.6) is 0 Å². The van der Waals surface area contributed by atoms with E-state index in [4.69, 9.17) is 16.7 Å². The van der Waals surface area contributed by atoms with E-state index in [2.05, 4.69) is 15.6 Å². The summed E-state index contributed by atoms with van der Waals surface area (Å²) in [6.07, 6.45) is 1.54. The minimum absolute atomic E-state index is 0.0434. The maximum atomic E-state index is 12.0. The third-order valence-corrected chi connectivity index (χ3v) is 5.77. The van der Waals surface area contributed by atoms with E-state index in [-0.39, 0.29) is 24.7 Å². The molecule has 140 valence electrons. The molecule has 3 N–H and O–H groups in total. The molecular weight excluding hydrogens is 376 g/mol. The van der Waals surface area contributed by atoms with Crippen LogP contribution in [0.15, 0.2) is 18.2 Å². The molecule has 2 amide bonds. The number of aliphatic carboxylic acids is 1. The number of hydrogen-bond acceptors (Lipinski definition) is 5. The number of carbonyl (C=O) groups is 2. The van der Waals surface area contributed by atoms with Crippen LogP contribution in [0.3, 0.4) is 0 Å². The first-order valence-electron chi connectivity index (χ1n) is 8.49. The van der Waals surface area contributed by atoms with Crippen LogP contribution in [-0.4, -0.2) is 52.2 Å². The quantitative estimate of drug-likeness (QED) is 0.668. The normalized spacial score (nSPS) is 19.3. The first-order valence-corrected chi connectivity index (χ1v) is 9.69. The van der Waals surface area contributed by atoms with Gasteiger partial charge in [-0.05, 0) is 37.6 Å². The molecule has 0 aliphatic heterocycles. The molecule has 1 aromatic carbocycles. The molecule has 9 heteroatoms. The number of amides is 2. The first-order chi connectivity index (χ1) is 12.4. The third kappa shape index (κ3) is 4.63. The fraction of sp³-hybridized carbons (Fsp3) is 0.471. The number of nitrogens with one attached hydrogen (secondary N) is 2.